The first-order valence-corrected chi connectivity index (χ1v) is 6.80. The van der Waals surface area contributed by atoms with Crippen molar-refractivity contribution in [3.05, 3.63) is 23.8 Å². The number of nitrogens with zero attached hydrogens (tertiary/aromatic N) is 2. The Hall–Kier alpha value is -1.49. The van der Waals surface area contributed by atoms with Gasteiger partial charge in [-0.25, -0.2) is 0 Å². The number of amides is 1. The Bertz CT molecular complexity index is 389. The largest absolute Gasteiger partial charge is 0.350 e. The van der Waals surface area contributed by atoms with Crippen molar-refractivity contribution in [1.82, 2.24) is 15.3 Å². The van der Waals surface area contributed by atoms with Crippen molar-refractivity contribution in [2.24, 2.45) is 11.7 Å². The maximum Gasteiger partial charge on any atom is 0.223 e. The van der Waals surface area contributed by atoms with E-state index >= 15 is 0 Å². The average Bonchev–Trinajstić information content (AvgIpc) is 2.37. The highest BCUT2D eigenvalue weighted by atomic mass is 16.1. The Morgan fingerprint density at radius 3 is 2.63 bits per heavy atom. The number of nitrogens with one attached hydrogen (secondary N) is 1. The molecule has 2 atom stereocenters. The molecule has 0 aliphatic rings. The van der Waals surface area contributed by atoms with Gasteiger partial charge in [-0.1, -0.05) is 13.3 Å². The second-order valence-corrected chi connectivity index (χ2v) is 5.18. The van der Waals surface area contributed by atoms with E-state index in [0.29, 0.717) is 6.54 Å². The lowest BCUT2D eigenvalue weighted by molar-refractivity contribution is -0.124. The van der Waals surface area contributed by atoms with E-state index in [1.54, 1.807) is 12.4 Å². The van der Waals surface area contributed by atoms with Crippen LogP contribution in [-0.2, 0) is 11.3 Å². The molecule has 19 heavy (non-hydrogen) atoms. The van der Waals surface area contributed by atoms with Crippen molar-refractivity contribution >= 4 is 5.91 Å². The third kappa shape index (κ3) is 6.29. The van der Waals surface area contributed by atoms with Gasteiger partial charge in [0.25, 0.3) is 0 Å². The van der Waals surface area contributed by atoms with Crippen molar-refractivity contribution in [2.75, 3.05) is 0 Å². The first-order chi connectivity index (χ1) is 8.99. The van der Waals surface area contributed by atoms with Gasteiger partial charge in [0.05, 0.1) is 24.1 Å². The van der Waals surface area contributed by atoms with Crippen molar-refractivity contribution in [3.8, 4) is 0 Å². The summed E-state index contributed by atoms with van der Waals surface area (Å²) < 4.78 is 0. The molecule has 1 heterocycles. The number of carbonyl (C=O) groups excluding carboxylic acids is 1. The number of hydrogen-bond donors (Lipinski definition) is 2. The Labute approximate surface area is 115 Å². The quantitative estimate of drug-likeness (QED) is 0.783. The molecule has 5 nitrogen and oxygen atoms in total. The summed E-state index contributed by atoms with van der Waals surface area (Å²) in [5.41, 5.74) is 7.34. The number of aromatic nitrogens is 2. The lowest BCUT2D eigenvalue weighted by atomic mass is 10.0. The topological polar surface area (TPSA) is 80.9 Å². The zero-order valence-electron chi connectivity index (χ0n) is 12.0. The molecular weight excluding hydrogens is 240 g/mol. The average molecular weight is 264 g/mol. The van der Waals surface area contributed by atoms with Crippen LogP contribution in [0.2, 0.25) is 0 Å². The molecule has 0 aromatic carbocycles. The Morgan fingerprint density at radius 2 is 2.05 bits per heavy atom. The van der Waals surface area contributed by atoms with Crippen LogP contribution in [0.3, 0.4) is 0 Å². The van der Waals surface area contributed by atoms with E-state index in [1.807, 2.05) is 20.8 Å². The summed E-state index contributed by atoms with van der Waals surface area (Å²) in [4.78, 5) is 20.2. The monoisotopic (exact) mass is 264 g/mol. The fourth-order valence-electron chi connectivity index (χ4n) is 1.74. The van der Waals surface area contributed by atoms with E-state index < -0.39 is 0 Å². The van der Waals surface area contributed by atoms with Gasteiger partial charge in [0, 0.05) is 18.2 Å². The van der Waals surface area contributed by atoms with E-state index in [1.165, 1.54) is 0 Å². The van der Waals surface area contributed by atoms with E-state index in [9.17, 15) is 4.79 Å². The number of rotatable bonds is 7. The van der Waals surface area contributed by atoms with Crippen LogP contribution in [0.5, 0.6) is 0 Å². The van der Waals surface area contributed by atoms with E-state index in [4.69, 9.17) is 5.73 Å². The second-order valence-electron chi connectivity index (χ2n) is 5.18. The lowest BCUT2D eigenvalue weighted by Crippen LogP contribution is -2.29. The van der Waals surface area contributed by atoms with E-state index in [-0.39, 0.29) is 17.9 Å². The van der Waals surface area contributed by atoms with Crippen LogP contribution < -0.4 is 11.1 Å². The standard InChI is InChI=1S/C14H24N4O/c1-10(5-4-6-11(2)15)14(19)18-9-13-8-16-12(3)7-17-13/h7-8,10-11H,4-6,9,15H2,1-3H3,(H,18,19). The van der Waals surface area contributed by atoms with Gasteiger partial charge in [-0.15, -0.1) is 0 Å². The minimum absolute atomic E-state index is 0.0113. The molecule has 0 spiro atoms. The predicted molar refractivity (Wildman–Crippen MR) is 75.3 cm³/mol. The molecular formula is C14H24N4O. The molecule has 0 saturated heterocycles. The minimum atomic E-state index is 0.0113. The molecule has 1 rings (SSSR count). The smallest absolute Gasteiger partial charge is 0.223 e. The van der Waals surface area contributed by atoms with Crippen LogP contribution in [0.4, 0.5) is 0 Å². The number of hydrogen-bond acceptors (Lipinski definition) is 4. The lowest BCUT2D eigenvalue weighted by Gasteiger charge is -2.12. The van der Waals surface area contributed by atoms with Gasteiger partial charge in [-0.3, -0.25) is 14.8 Å². The number of nitrogens with two attached hydrogens (primary N) is 1. The van der Waals surface area contributed by atoms with Gasteiger partial charge in [0.2, 0.25) is 5.91 Å². The van der Waals surface area contributed by atoms with Gasteiger partial charge in [0.1, 0.15) is 0 Å². The minimum Gasteiger partial charge on any atom is -0.350 e. The molecule has 5 heteroatoms. The Balaban J connectivity index is 2.28. The van der Waals surface area contributed by atoms with Gasteiger partial charge in [-0.05, 0) is 26.7 Å². The maximum absolute atomic E-state index is 11.9. The van der Waals surface area contributed by atoms with Crippen molar-refractivity contribution in [1.29, 1.82) is 0 Å². The first-order valence-electron chi connectivity index (χ1n) is 6.80. The third-order valence-corrected chi connectivity index (χ3v) is 3.02. The zero-order valence-corrected chi connectivity index (χ0v) is 12.0. The van der Waals surface area contributed by atoms with Gasteiger partial charge in [0.15, 0.2) is 0 Å². The van der Waals surface area contributed by atoms with Crippen LogP contribution in [0.1, 0.15) is 44.5 Å². The third-order valence-electron chi connectivity index (χ3n) is 3.02. The van der Waals surface area contributed by atoms with Crippen molar-refractivity contribution in [2.45, 2.75) is 52.6 Å². The summed E-state index contributed by atoms with van der Waals surface area (Å²) in [6.07, 6.45) is 6.20. The highest BCUT2D eigenvalue weighted by Crippen LogP contribution is 2.09. The van der Waals surface area contributed by atoms with Crippen LogP contribution in [-0.4, -0.2) is 21.9 Å². The summed E-state index contributed by atoms with van der Waals surface area (Å²) in [6.45, 7) is 6.25. The molecule has 0 aliphatic heterocycles. The molecule has 0 aliphatic carbocycles. The summed E-state index contributed by atoms with van der Waals surface area (Å²) in [6, 6.07) is 0.207. The van der Waals surface area contributed by atoms with Crippen LogP contribution >= 0.6 is 0 Å². The fraction of sp³-hybridized carbons (Fsp3) is 0.643. The molecule has 0 saturated carbocycles. The van der Waals surface area contributed by atoms with Gasteiger partial charge in [-0.2, -0.15) is 0 Å². The summed E-state index contributed by atoms with van der Waals surface area (Å²) in [5, 5.41) is 2.88. The molecule has 3 N–H and O–H groups in total. The summed E-state index contributed by atoms with van der Waals surface area (Å²) in [5.74, 6) is 0.0733. The normalized spacial score (nSPS) is 13.9. The molecule has 2 unspecified atom stereocenters. The van der Waals surface area contributed by atoms with Crippen LogP contribution in [0, 0.1) is 12.8 Å². The molecule has 0 radical (unpaired) electrons. The molecule has 0 bridgehead atoms. The molecule has 106 valence electrons. The SMILES string of the molecule is Cc1cnc(CNC(=O)C(C)CCCC(C)N)cn1. The van der Waals surface area contributed by atoms with Crippen LogP contribution in [0.15, 0.2) is 12.4 Å². The molecule has 1 aromatic rings. The first kappa shape index (κ1) is 15.6. The van der Waals surface area contributed by atoms with Crippen LogP contribution in [0.25, 0.3) is 0 Å². The van der Waals surface area contributed by atoms with Gasteiger partial charge < -0.3 is 11.1 Å². The van der Waals surface area contributed by atoms with Crippen molar-refractivity contribution in [3.63, 3.8) is 0 Å². The molecule has 1 aromatic heterocycles. The Kier molecular flexibility index (Phi) is 6.42. The zero-order chi connectivity index (χ0) is 14.3. The van der Waals surface area contributed by atoms with Crippen molar-refractivity contribution < 1.29 is 4.79 Å². The summed E-state index contributed by atoms with van der Waals surface area (Å²) >= 11 is 0. The van der Waals surface area contributed by atoms with Gasteiger partial charge >= 0.3 is 0 Å². The molecule has 0 fully saturated rings. The summed E-state index contributed by atoms with van der Waals surface area (Å²) in [7, 11) is 0. The molecule has 1 amide bonds. The predicted octanol–water partition coefficient (Wildman–Crippen LogP) is 1.55. The fourth-order valence-corrected chi connectivity index (χ4v) is 1.74. The second kappa shape index (κ2) is 7.84. The Morgan fingerprint density at radius 1 is 1.32 bits per heavy atom. The number of carbonyl (C=O) groups is 1. The number of aryl methyl sites for hydroxylation is 1. The highest BCUT2D eigenvalue weighted by Gasteiger charge is 2.12. The highest BCUT2D eigenvalue weighted by molar-refractivity contribution is 5.78. The van der Waals surface area contributed by atoms with E-state index in [0.717, 1.165) is 30.7 Å². The van der Waals surface area contributed by atoms with E-state index in [2.05, 4.69) is 15.3 Å². The maximum atomic E-state index is 11.9.